The molecule has 1 rings (SSSR count). The van der Waals surface area contributed by atoms with Gasteiger partial charge in [-0.25, -0.2) is 0 Å². The van der Waals surface area contributed by atoms with Crippen molar-refractivity contribution < 1.29 is 0 Å². The van der Waals surface area contributed by atoms with Gasteiger partial charge in [0.05, 0.1) is 0 Å². The molecule has 1 saturated carbocycles. The molecule has 0 radical (unpaired) electrons. The van der Waals surface area contributed by atoms with Crippen molar-refractivity contribution >= 4 is 0 Å². The van der Waals surface area contributed by atoms with Crippen molar-refractivity contribution in [2.45, 2.75) is 72.3 Å². The molecule has 1 aliphatic carbocycles. The fourth-order valence-corrected chi connectivity index (χ4v) is 2.91. The van der Waals surface area contributed by atoms with Crippen LogP contribution >= 0.6 is 0 Å². The highest BCUT2D eigenvalue weighted by atomic mass is 14.9. The minimum absolute atomic E-state index is 0.277. The monoisotopic (exact) mass is 225 g/mol. The van der Waals surface area contributed by atoms with E-state index in [-0.39, 0.29) is 5.54 Å². The van der Waals surface area contributed by atoms with Crippen LogP contribution in [0.15, 0.2) is 0 Å². The molecule has 3 atom stereocenters. The molecule has 3 unspecified atom stereocenters. The van der Waals surface area contributed by atoms with Crippen molar-refractivity contribution in [3.05, 3.63) is 0 Å². The molecule has 96 valence electrons. The van der Waals surface area contributed by atoms with E-state index in [0.717, 1.165) is 17.8 Å². The van der Waals surface area contributed by atoms with Gasteiger partial charge in [0, 0.05) is 5.54 Å². The van der Waals surface area contributed by atoms with Crippen LogP contribution in [-0.2, 0) is 0 Å². The summed E-state index contributed by atoms with van der Waals surface area (Å²) in [7, 11) is 0. The van der Waals surface area contributed by atoms with E-state index < -0.39 is 0 Å². The van der Waals surface area contributed by atoms with Gasteiger partial charge in [-0.15, -0.1) is 0 Å². The summed E-state index contributed by atoms with van der Waals surface area (Å²) in [6.07, 6.45) is 7.21. The zero-order chi connectivity index (χ0) is 12.2. The Kier molecular flexibility index (Phi) is 5.30. The molecule has 16 heavy (non-hydrogen) atoms. The first-order valence-electron chi connectivity index (χ1n) is 7.13. The zero-order valence-corrected chi connectivity index (χ0v) is 12.0. The Morgan fingerprint density at radius 2 is 1.94 bits per heavy atom. The van der Waals surface area contributed by atoms with Gasteiger partial charge in [0.25, 0.3) is 0 Å². The van der Waals surface area contributed by atoms with Crippen molar-refractivity contribution in [2.24, 2.45) is 17.8 Å². The summed E-state index contributed by atoms with van der Waals surface area (Å²) < 4.78 is 0. The lowest BCUT2D eigenvalue weighted by molar-refractivity contribution is 0.203. The Morgan fingerprint density at radius 1 is 1.25 bits per heavy atom. The van der Waals surface area contributed by atoms with Crippen molar-refractivity contribution in [1.29, 1.82) is 0 Å². The summed E-state index contributed by atoms with van der Waals surface area (Å²) in [5, 5.41) is 3.60. The molecular formula is C15H31N. The number of hydrogen-bond donors (Lipinski definition) is 1. The Morgan fingerprint density at radius 3 is 2.50 bits per heavy atom. The fraction of sp³-hybridized carbons (Fsp3) is 1.00. The van der Waals surface area contributed by atoms with Crippen LogP contribution in [0.25, 0.3) is 0 Å². The van der Waals surface area contributed by atoms with Crippen LogP contribution in [0, 0.1) is 17.8 Å². The Balaban J connectivity index is 2.21. The maximum absolute atomic E-state index is 3.60. The van der Waals surface area contributed by atoms with Crippen molar-refractivity contribution in [3.8, 4) is 0 Å². The van der Waals surface area contributed by atoms with E-state index in [1.165, 1.54) is 38.6 Å². The molecule has 0 aromatic rings. The maximum atomic E-state index is 3.60. The molecule has 0 saturated heterocycles. The van der Waals surface area contributed by atoms with Crippen LogP contribution in [0.5, 0.6) is 0 Å². The average molecular weight is 225 g/mol. The highest BCUT2D eigenvalue weighted by Crippen LogP contribution is 2.34. The second-order valence-electron chi connectivity index (χ2n) is 6.97. The molecule has 0 aromatic heterocycles. The van der Waals surface area contributed by atoms with E-state index in [1.807, 2.05) is 0 Å². The first-order valence-corrected chi connectivity index (χ1v) is 7.13. The van der Waals surface area contributed by atoms with Gasteiger partial charge in [-0.1, -0.05) is 33.1 Å². The number of hydrogen-bond acceptors (Lipinski definition) is 1. The number of nitrogens with one attached hydrogen (secondary N) is 1. The SMILES string of the molecule is CC1CCCC(C(C)CCNC(C)(C)C)C1. The largest absolute Gasteiger partial charge is 0.312 e. The quantitative estimate of drug-likeness (QED) is 0.755. The third kappa shape index (κ3) is 5.34. The predicted molar refractivity (Wildman–Crippen MR) is 72.7 cm³/mol. The molecule has 0 spiro atoms. The summed E-state index contributed by atoms with van der Waals surface area (Å²) in [6.45, 7) is 12.8. The summed E-state index contributed by atoms with van der Waals surface area (Å²) in [4.78, 5) is 0. The summed E-state index contributed by atoms with van der Waals surface area (Å²) in [6, 6.07) is 0. The van der Waals surface area contributed by atoms with Crippen LogP contribution < -0.4 is 5.32 Å². The molecule has 1 nitrogen and oxygen atoms in total. The van der Waals surface area contributed by atoms with Crippen LogP contribution in [0.1, 0.15) is 66.7 Å². The molecule has 0 bridgehead atoms. The lowest BCUT2D eigenvalue weighted by Gasteiger charge is -2.32. The molecule has 1 N–H and O–H groups in total. The van der Waals surface area contributed by atoms with Crippen molar-refractivity contribution in [2.75, 3.05) is 6.54 Å². The minimum Gasteiger partial charge on any atom is -0.312 e. The summed E-state index contributed by atoms with van der Waals surface area (Å²) in [5.74, 6) is 2.86. The van der Waals surface area contributed by atoms with Crippen LogP contribution in [0.3, 0.4) is 0 Å². The summed E-state index contributed by atoms with van der Waals surface area (Å²) >= 11 is 0. The lowest BCUT2D eigenvalue weighted by Crippen LogP contribution is -2.37. The molecule has 0 heterocycles. The van der Waals surface area contributed by atoms with Gasteiger partial charge in [0.15, 0.2) is 0 Å². The predicted octanol–water partition coefficient (Wildman–Crippen LogP) is 4.23. The van der Waals surface area contributed by atoms with E-state index in [1.54, 1.807) is 0 Å². The van der Waals surface area contributed by atoms with Crippen molar-refractivity contribution in [3.63, 3.8) is 0 Å². The van der Waals surface area contributed by atoms with Gasteiger partial charge < -0.3 is 5.32 Å². The third-order valence-corrected chi connectivity index (χ3v) is 4.04. The van der Waals surface area contributed by atoms with Gasteiger partial charge in [-0.3, -0.25) is 0 Å². The van der Waals surface area contributed by atoms with E-state index in [0.29, 0.717) is 0 Å². The second kappa shape index (κ2) is 6.05. The highest BCUT2D eigenvalue weighted by molar-refractivity contribution is 4.77. The first kappa shape index (κ1) is 14.0. The van der Waals surface area contributed by atoms with Gasteiger partial charge in [0.1, 0.15) is 0 Å². The van der Waals surface area contributed by atoms with E-state index in [9.17, 15) is 0 Å². The molecule has 1 aliphatic rings. The van der Waals surface area contributed by atoms with Gasteiger partial charge in [-0.05, 0) is 57.9 Å². The average Bonchev–Trinajstić information content (AvgIpc) is 2.15. The van der Waals surface area contributed by atoms with Crippen molar-refractivity contribution in [1.82, 2.24) is 5.32 Å². The molecule has 0 aliphatic heterocycles. The molecular weight excluding hydrogens is 194 g/mol. The van der Waals surface area contributed by atoms with E-state index >= 15 is 0 Å². The molecule has 1 heteroatoms. The zero-order valence-electron chi connectivity index (χ0n) is 12.0. The normalized spacial score (nSPS) is 29.1. The molecule has 0 amide bonds. The highest BCUT2D eigenvalue weighted by Gasteiger charge is 2.23. The topological polar surface area (TPSA) is 12.0 Å². The van der Waals surface area contributed by atoms with Crippen LogP contribution in [0.4, 0.5) is 0 Å². The summed E-state index contributed by atoms with van der Waals surface area (Å²) in [5.41, 5.74) is 0.277. The molecule has 1 fully saturated rings. The first-order chi connectivity index (χ1) is 7.38. The lowest BCUT2D eigenvalue weighted by atomic mass is 9.75. The van der Waals surface area contributed by atoms with Gasteiger partial charge in [0.2, 0.25) is 0 Å². The maximum Gasteiger partial charge on any atom is 0.00965 e. The second-order valence-corrected chi connectivity index (χ2v) is 6.97. The Labute approximate surface area is 102 Å². The minimum atomic E-state index is 0.277. The standard InChI is InChI=1S/C15H31N/c1-12-7-6-8-14(11-12)13(2)9-10-16-15(3,4)5/h12-14,16H,6-11H2,1-5H3. The van der Waals surface area contributed by atoms with Gasteiger partial charge in [-0.2, -0.15) is 0 Å². The fourth-order valence-electron chi connectivity index (χ4n) is 2.91. The van der Waals surface area contributed by atoms with Crippen LogP contribution in [-0.4, -0.2) is 12.1 Å². The van der Waals surface area contributed by atoms with E-state index in [2.05, 4.69) is 39.9 Å². The Hall–Kier alpha value is -0.0400. The Bertz CT molecular complexity index is 192. The van der Waals surface area contributed by atoms with Gasteiger partial charge >= 0.3 is 0 Å². The van der Waals surface area contributed by atoms with Crippen LogP contribution in [0.2, 0.25) is 0 Å². The smallest absolute Gasteiger partial charge is 0.00965 e. The number of rotatable bonds is 4. The molecule has 0 aromatic carbocycles. The third-order valence-electron chi connectivity index (χ3n) is 4.04. The van der Waals surface area contributed by atoms with E-state index in [4.69, 9.17) is 0 Å².